The summed E-state index contributed by atoms with van der Waals surface area (Å²) in [5, 5.41) is 0. The van der Waals surface area contributed by atoms with E-state index >= 15 is 0 Å². The summed E-state index contributed by atoms with van der Waals surface area (Å²) in [6.07, 6.45) is 1.27. The Labute approximate surface area is 101 Å². The lowest BCUT2D eigenvalue weighted by Gasteiger charge is -2.33. The third kappa shape index (κ3) is 2.52. The third-order valence-electron chi connectivity index (χ3n) is 2.82. The highest BCUT2D eigenvalue weighted by atomic mass is 16.6. The van der Waals surface area contributed by atoms with Crippen molar-refractivity contribution in [2.24, 2.45) is 0 Å². The molecule has 17 heavy (non-hydrogen) atoms. The molecule has 0 aromatic heterocycles. The second-order valence-corrected chi connectivity index (χ2v) is 3.85. The van der Waals surface area contributed by atoms with Crippen molar-refractivity contribution in [2.75, 3.05) is 27.4 Å². The maximum Gasteiger partial charge on any atom is 0.412 e. The minimum atomic E-state index is -1.32. The highest BCUT2D eigenvalue weighted by Crippen LogP contribution is 2.32. The number of hydrogen-bond acceptors (Lipinski definition) is 5. The Bertz CT molecular complexity index is 294. The van der Waals surface area contributed by atoms with Gasteiger partial charge in [0.15, 0.2) is 0 Å². The van der Waals surface area contributed by atoms with Crippen LogP contribution in [0.5, 0.6) is 0 Å². The number of ether oxygens (including phenoxy) is 3. The number of methoxy groups -OCH3 is 2. The van der Waals surface area contributed by atoms with Gasteiger partial charge in [-0.2, -0.15) is 0 Å². The molecule has 1 rings (SSSR count). The maximum atomic E-state index is 12.0. The zero-order valence-corrected chi connectivity index (χ0v) is 10.5. The van der Waals surface area contributed by atoms with Gasteiger partial charge in [-0.25, -0.2) is 9.59 Å². The van der Waals surface area contributed by atoms with Crippen LogP contribution in [0, 0.1) is 0 Å². The van der Waals surface area contributed by atoms with Gasteiger partial charge in [0.25, 0.3) is 0 Å². The van der Waals surface area contributed by atoms with Crippen LogP contribution in [-0.4, -0.2) is 50.1 Å². The number of esters is 1. The van der Waals surface area contributed by atoms with E-state index < -0.39 is 17.8 Å². The first-order valence-corrected chi connectivity index (χ1v) is 5.70. The molecular weight excluding hydrogens is 226 g/mol. The number of nitrogens with zero attached hydrogens (tertiary/aromatic N) is 1. The molecule has 1 heterocycles. The zero-order chi connectivity index (χ0) is 12.9. The number of rotatable bonds is 4. The number of likely N-dealkylation sites (tertiary alicyclic amines) is 1. The van der Waals surface area contributed by atoms with Gasteiger partial charge in [0.1, 0.15) is 0 Å². The van der Waals surface area contributed by atoms with E-state index in [-0.39, 0.29) is 0 Å². The largest absolute Gasteiger partial charge is 0.462 e. The minimum absolute atomic E-state index is 0.318. The summed E-state index contributed by atoms with van der Waals surface area (Å²) in [6, 6.07) is 0. The van der Waals surface area contributed by atoms with Gasteiger partial charge < -0.3 is 14.2 Å². The summed E-state index contributed by atoms with van der Waals surface area (Å²) in [7, 11) is 2.67. The fraction of sp³-hybridized carbons (Fsp3) is 0.818. The van der Waals surface area contributed by atoms with Gasteiger partial charge in [-0.05, 0) is 12.8 Å². The molecule has 0 N–H and O–H groups in total. The fourth-order valence-electron chi connectivity index (χ4n) is 1.96. The number of amides is 1. The average molecular weight is 245 g/mol. The van der Waals surface area contributed by atoms with E-state index in [0.717, 1.165) is 6.42 Å². The predicted octanol–water partition coefficient (Wildman–Crippen LogP) is 1.14. The van der Waals surface area contributed by atoms with Crippen molar-refractivity contribution in [3.05, 3.63) is 0 Å². The molecule has 0 unspecified atom stereocenters. The van der Waals surface area contributed by atoms with Crippen LogP contribution in [0.15, 0.2) is 0 Å². The van der Waals surface area contributed by atoms with Gasteiger partial charge in [0.2, 0.25) is 5.72 Å². The van der Waals surface area contributed by atoms with E-state index in [9.17, 15) is 9.59 Å². The molecule has 0 aromatic rings. The molecule has 6 nitrogen and oxygen atoms in total. The molecule has 98 valence electrons. The lowest BCUT2D eigenvalue weighted by molar-refractivity contribution is -0.186. The summed E-state index contributed by atoms with van der Waals surface area (Å²) >= 11 is 0. The summed E-state index contributed by atoms with van der Waals surface area (Å²) in [6.45, 7) is 2.65. The van der Waals surface area contributed by atoms with Crippen LogP contribution in [0.3, 0.4) is 0 Å². The average Bonchev–Trinajstić information content (AvgIpc) is 2.79. The summed E-state index contributed by atoms with van der Waals surface area (Å²) < 4.78 is 15.0. The molecule has 1 fully saturated rings. The van der Waals surface area contributed by atoms with Crippen LogP contribution in [0.2, 0.25) is 0 Å². The molecule has 6 heteroatoms. The van der Waals surface area contributed by atoms with Crippen LogP contribution in [0.1, 0.15) is 26.2 Å². The van der Waals surface area contributed by atoms with E-state index in [1.165, 1.54) is 19.1 Å². The highest BCUT2D eigenvalue weighted by Gasteiger charge is 2.52. The molecule has 0 bridgehead atoms. The molecule has 0 saturated carbocycles. The SMILES string of the molecule is CCCOC(=O)[C@]1(OC)CCCN1C(=O)OC. The van der Waals surface area contributed by atoms with Gasteiger partial charge in [-0.1, -0.05) is 6.92 Å². The van der Waals surface area contributed by atoms with Crippen molar-refractivity contribution in [1.29, 1.82) is 0 Å². The third-order valence-corrected chi connectivity index (χ3v) is 2.82. The van der Waals surface area contributed by atoms with E-state index in [1.54, 1.807) is 0 Å². The molecular formula is C11H19NO5. The quantitative estimate of drug-likeness (QED) is 0.695. The predicted molar refractivity (Wildman–Crippen MR) is 59.3 cm³/mol. The first kappa shape index (κ1) is 13.8. The second-order valence-electron chi connectivity index (χ2n) is 3.85. The van der Waals surface area contributed by atoms with E-state index in [2.05, 4.69) is 4.74 Å². The van der Waals surface area contributed by atoms with Gasteiger partial charge in [-0.3, -0.25) is 4.90 Å². The Balaban J connectivity index is 2.85. The first-order chi connectivity index (χ1) is 8.12. The lowest BCUT2D eigenvalue weighted by atomic mass is 10.1. The second kappa shape index (κ2) is 5.86. The van der Waals surface area contributed by atoms with Crippen LogP contribution in [0.25, 0.3) is 0 Å². The van der Waals surface area contributed by atoms with Crippen molar-refractivity contribution >= 4 is 12.1 Å². The van der Waals surface area contributed by atoms with Gasteiger partial charge in [0.05, 0.1) is 13.7 Å². The molecule has 1 amide bonds. The monoisotopic (exact) mass is 245 g/mol. The fourth-order valence-corrected chi connectivity index (χ4v) is 1.96. The zero-order valence-electron chi connectivity index (χ0n) is 10.5. The Morgan fingerprint density at radius 1 is 1.35 bits per heavy atom. The normalized spacial score (nSPS) is 23.6. The molecule has 0 radical (unpaired) electrons. The standard InChI is InChI=1S/C11H19NO5/c1-4-8-17-9(13)11(16-3)6-5-7-12(11)10(14)15-2/h4-8H2,1-3H3/t11-/m1/s1. The molecule has 0 aliphatic carbocycles. The molecule has 1 saturated heterocycles. The number of carbonyl (C=O) groups excluding carboxylic acids is 2. The van der Waals surface area contributed by atoms with Crippen LogP contribution < -0.4 is 0 Å². The van der Waals surface area contributed by atoms with Gasteiger partial charge in [0, 0.05) is 20.1 Å². The maximum absolute atomic E-state index is 12.0. The van der Waals surface area contributed by atoms with E-state index in [1.807, 2.05) is 6.92 Å². The summed E-state index contributed by atoms with van der Waals surface area (Å²) in [5.74, 6) is -0.523. The van der Waals surface area contributed by atoms with Crippen LogP contribution >= 0.6 is 0 Å². The van der Waals surface area contributed by atoms with E-state index in [0.29, 0.717) is 26.0 Å². The highest BCUT2D eigenvalue weighted by molar-refractivity contribution is 5.85. The Hall–Kier alpha value is -1.30. The summed E-state index contributed by atoms with van der Waals surface area (Å²) in [4.78, 5) is 24.9. The van der Waals surface area contributed by atoms with Crippen molar-refractivity contribution in [2.45, 2.75) is 31.9 Å². The molecule has 1 atom stereocenters. The Morgan fingerprint density at radius 3 is 2.59 bits per heavy atom. The van der Waals surface area contributed by atoms with Gasteiger partial charge in [-0.15, -0.1) is 0 Å². The Morgan fingerprint density at radius 2 is 2.06 bits per heavy atom. The smallest absolute Gasteiger partial charge is 0.412 e. The number of carbonyl (C=O) groups is 2. The topological polar surface area (TPSA) is 65.1 Å². The van der Waals surface area contributed by atoms with E-state index in [4.69, 9.17) is 9.47 Å². The molecule has 1 aliphatic heterocycles. The van der Waals surface area contributed by atoms with Crippen molar-refractivity contribution in [3.63, 3.8) is 0 Å². The summed E-state index contributed by atoms with van der Waals surface area (Å²) in [5.41, 5.74) is -1.32. The van der Waals surface area contributed by atoms with Crippen LogP contribution in [0.4, 0.5) is 4.79 Å². The van der Waals surface area contributed by atoms with Crippen molar-refractivity contribution in [3.8, 4) is 0 Å². The minimum Gasteiger partial charge on any atom is -0.462 e. The van der Waals surface area contributed by atoms with Crippen LogP contribution in [-0.2, 0) is 19.0 Å². The number of hydrogen-bond donors (Lipinski definition) is 0. The molecule has 0 spiro atoms. The molecule has 0 aromatic carbocycles. The Kier molecular flexibility index (Phi) is 4.74. The van der Waals surface area contributed by atoms with Crippen molar-refractivity contribution < 1.29 is 23.8 Å². The first-order valence-electron chi connectivity index (χ1n) is 5.70. The lowest BCUT2D eigenvalue weighted by Crippen LogP contribution is -2.55. The van der Waals surface area contributed by atoms with Gasteiger partial charge >= 0.3 is 12.1 Å². The van der Waals surface area contributed by atoms with Crippen molar-refractivity contribution in [1.82, 2.24) is 4.90 Å². The molecule has 1 aliphatic rings.